The number of hydrogen-bond acceptors (Lipinski definition) is 6. The molecule has 5 rings (SSSR count). The fraction of sp³-hybridized carbons (Fsp3) is 0.262. The van der Waals surface area contributed by atoms with Gasteiger partial charge in [0.2, 0.25) is 0 Å². The molecule has 0 unspecified atom stereocenters. The van der Waals surface area contributed by atoms with Gasteiger partial charge in [-0.2, -0.15) is 13.2 Å². The average Bonchev–Trinajstić information content (AvgIpc) is 3.14. The minimum absolute atomic E-state index is 0.00550. The molecule has 0 bridgehead atoms. The molecule has 0 fully saturated rings. The number of esters is 1. The molecule has 1 atom stereocenters. The van der Waals surface area contributed by atoms with E-state index in [4.69, 9.17) is 21.1 Å². The first-order valence-electron chi connectivity index (χ1n) is 17.4. The Kier molecular flexibility index (Phi) is 13.6. The third-order valence-corrected chi connectivity index (χ3v) is 10.8. The highest BCUT2D eigenvalue weighted by molar-refractivity contribution is 7.90. The molecule has 289 valence electrons. The lowest BCUT2D eigenvalue weighted by molar-refractivity contribution is -0.144. The highest BCUT2D eigenvalue weighted by atomic mass is 35.5. The van der Waals surface area contributed by atoms with Crippen LogP contribution in [0.15, 0.2) is 120 Å². The molecule has 1 radical (unpaired) electrons. The summed E-state index contributed by atoms with van der Waals surface area (Å²) in [4.78, 5) is 14.0. The topological polar surface area (TPSA) is 92.8 Å². The van der Waals surface area contributed by atoms with Crippen molar-refractivity contribution in [3.05, 3.63) is 159 Å². The molecule has 0 amide bonds. The second-order valence-corrected chi connectivity index (χ2v) is 15.6. The van der Waals surface area contributed by atoms with Gasteiger partial charge in [0.1, 0.15) is 18.2 Å². The molecule has 0 aromatic heterocycles. The molecule has 0 aliphatic heterocycles. The predicted octanol–water partition coefficient (Wildman–Crippen LogP) is 9.82. The van der Waals surface area contributed by atoms with Gasteiger partial charge in [-0.1, -0.05) is 96.5 Å². The van der Waals surface area contributed by atoms with Crippen molar-refractivity contribution >= 4 is 27.4 Å². The maximum absolute atomic E-state index is 15.5. The molecular formula is C42H39ClF4NO6S. The Morgan fingerprint density at radius 2 is 1.49 bits per heavy atom. The van der Waals surface area contributed by atoms with Crippen molar-refractivity contribution in [1.82, 2.24) is 4.90 Å². The van der Waals surface area contributed by atoms with Crippen molar-refractivity contribution in [3.8, 4) is 11.5 Å². The number of ether oxygens (including phenoxy) is 2. The first-order chi connectivity index (χ1) is 26.1. The van der Waals surface area contributed by atoms with Gasteiger partial charge in [0.15, 0.2) is 15.6 Å². The van der Waals surface area contributed by atoms with E-state index in [0.29, 0.717) is 24.1 Å². The number of carbonyl (C=O) groups is 1. The van der Waals surface area contributed by atoms with Crippen LogP contribution in [0.3, 0.4) is 0 Å². The standard InChI is InChI=1S/C42H39ClF4NO6S/c1-28(20-21-53-34-23-38(44)36(39(24-34)55(2,51)52)27-54-40(50)22-29-16-18-33(49)19-17-29)48(25-32-14-9-15-37(41(32)43)42(45,46)47)26-35(30-10-5-3-6-11-30)31-12-7-4-8-13-31/h3-19,23-24,28,35H,20-22,25-27H2,1-2H3/t28-/m1/s1. The summed E-state index contributed by atoms with van der Waals surface area (Å²) in [5, 5.41) is 11.0. The highest BCUT2D eigenvalue weighted by Crippen LogP contribution is 2.37. The van der Waals surface area contributed by atoms with Crippen LogP contribution in [0.25, 0.3) is 0 Å². The summed E-state index contributed by atoms with van der Waals surface area (Å²) < 4.78 is 93.5. The van der Waals surface area contributed by atoms with Gasteiger partial charge in [-0.25, -0.2) is 12.8 Å². The number of rotatable bonds is 16. The minimum atomic E-state index is -4.64. The summed E-state index contributed by atoms with van der Waals surface area (Å²) in [5.41, 5.74) is 1.53. The van der Waals surface area contributed by atoms with E-state index in [1.54, 1.807) is 6.07 Å². The van der Waals surface area contributed by atoms with Crippen LogP contribution in [0.2, 0.25) is 5.02 Å². The lowest BCUT2D eigenvalue weighted by atomic mass is 9.90. The zero-order valence-corrected chi connectivity index (χ0v) is 31.6. The second-order valence-electron chi connectivity index (χ2n) is 13.2. The Hall–Kier alpha value is -4.91. The first kappa shape index (κ1) is 41.3. The number of benzene rings is 5. The van der Waals surface area contributed by atoms with Gasteiger partial charge in [0, 0.05) is 42.9 Å². The Bertz CT molecular complexity index is 2130. The summed E-state index contributed by atoms with van der Waals surface area (Å²) in [7, 11) is -4.01. The molecule has 0 heterocycles. The van der Waals surface area contributed by atoms with Gasteiger partial charge in [0.05, 0.1) is 28.5 Å². The molecule has 5 aromatic carbocycles. The number of sulfone groups is 1. The van der Waals surface area contributed by atoms with Crippen LogP contribution >= 0.6 is 11.6 Å². The quantitative estimate of drug-likeness (QED) is 0.0730. The molecule has 55 heavy (non-hydrogen) atoms. The van der Waals surface area contributed by atoms with Crippen LogP contribution in [0.4, 0.5) is 17.6 Å². The Morgan fingerprint density at radius 3 is 2.07 bits per heavy atom. The van der Waals surface area contributed by atoms with E-state index in [0.717, 1.165) is 29.5 Å². The third kappa shape index (κ3) is 11.3. The predicted molar refractivity (Wildman–Crippen MR) is 201 cm³/mol. The number of nitrogens with zero attached hydrogens (tertiary/aromatic N) is 1. The molecule has 0 saturated carbocycles. The van der Waals surface area contributed by atoms with Gasteiger partial charge >= 0.3 is 12.1 Å². The summed E-state index contributed by atoms with van der Waals surface area (Å²) in [6.07, 6.45) is -3.63. The zero-order valence-electron chi connectivity index (χ0n) is 30.1. The Morgan fingerprint density at radius 1 is 0.873 bits per heavy atom. The fourth-order valence-electron chi connectivity index (χ4n) is 6.20. The second kappa shape index (κ2) is 18.1. The summed E-state index contributed by atoms with van der Waals surface area (Å²) in [5.74, 6) is -2.17. The van der Waals surface area contributed by atoms with Crippen LogP contribution in [0.5, 0.6) is 11.5 Å². The minimum Gasteiger partial charge on any atom is -0.493 e. The highest BCUT2D eigenvalue weighted by Gasteiger charge is 2.34. The normalized spacial score (nSPS) is 12.5. The summed E-state index contributed by atoms with van der Waals surface area (Å²) >= 11 is 6.36. The van der Waals surface area contributed by atoms with Crippen molar-refractivity contribution in [2.75, 3.05) is 19.4 Å². The van der Waals surface area contributed by atoms with Crippen molar-refractivity contribution in [2.45, 2.75) is 55.9 Å². The van der Waals surface area contributed by atoms with Crippen LogP contribution in [0.1, 0.15) is 52.6 Å². The van der Waals surface area contributed by atoms with E-state index < -0.39 is 44.9 Å². The monoisotopic (exact) mass is 796 g/mol. The lowest BCUT2D eigenvalue weighted by Crippen LogP contribution is -2.37. The average molecular weight is 797 g/mol. The molecule has 7 nitrogen and oxygen atoms in total. The largest absolute Gasteiger partial charge is 0.493 e. The van der Waals surface area contributed by atoms with Gasteiger partial charge in [-0.3, -0.25) is 14.8 Å². The van der Waals surface area contributed by atoms with Gasteiger partial charge in [0.25, 0.3) is 0 Å². The summed E-state index contributed by atoms with van der Waals surface area (Å²) in [6.45, 7) is 1.71. The number of hydrogen-bond donors (Lipinski definition) is 0. The van der Waals surface area contributed by atoms with E-state index in [-0.39, 0.29) is 53.6 Å². The van der Waals surface area contributed by atoms with Crippen LogP contribution in [0, 0.1) is 5.82 Å². The molecule has 13 heteroatoms. The van der Waals surface area contributed by atoms with Crippen molar-refractivity contribution in [2.24, 2.45) is 0 Å². The summed E-state index contributed by atoms with van der Waals surface area (Å²) in [6, 6.07) is 30.7. The molecule has 0 spiro atoms. The van der Waals surface area contributed by atoms with E-state index >= 15 is 4.39 Å². The zero-order chi connectivity index (χ0) is 39.8. The maximum atomic E-state index is 15.5. The van der Waals surface area contributed by atoms with Gasteiger partial charge in [-0.05, 0) is 59.9 Å². The van der Waals surface area contributed by atoms with Gasteiger partial charge < -0.3 is 9.47 Å². The Labute approximate surface area is 323 Å². The van der Waals surface area contributed by atoms with E-state index in [2.05, 4.69) is 0 Å². The van der Waals surface area contributed by atoms with Crippen molar-refractivity contribution in [1.29, 1.82) is 0 Å². The number of alkyl halides is 3. The molecule has 5 aromatic rings. The molecule has 0 N–H and O–H groups in total. The molecule has 0 aliphatic carbocycles. The maximum Gasteiger partial charge on any atom is 0.417 e. The third-order valence-electron chi connectivity index (χ3n) is 9.18. The van der Waals surface area contributed by atoms with E-state index in [1.807, 2.05) is 72.5 Å². The molecule has 0 saturated heterocycles. The molecule has 0 aliphatic rings. The van der Waals surface area contributed by atoms with E-state index in [9.17, 15) is 31.5 Å². The first-order valence-corrected chi connectivity index (χ1v) is 19.6. The smallest absolute Gasteiger partial charge is 0.417 e. The van der Waals surface area contributed by atoms with Crippen LogP contribution < -0.4 is 4.74 Å². The SMILES string of the molecule is C[C@H](CCOc1cc(F)c(COC(=O)Cc2ccc([O])cc2)c(S(C)(=O)=O)c1)N(Cc1cccc(C(F)(F)F)c1Cl)CC(c1ccccc1)c1ccccc1. The van der Waals surface area contributed by atoms with Crippen LogP contribution in [-0.4, -0.2) is 44.7 Å². The fourth-order valence-corrected chi connectivity index (χ4v) is 7.43. The number of halogens is 5. The Balaban J connectivity index is 1.35. The molecular weight excluding hydrogens is 758 g/mol. The van der Waals surface area contributed by atoms with E-state index in [1.165, 1.54) is 36.4 Å². The van der Waals surface area contributed by atoms with Crippen molar-refractivity contribution in [3.63, 3.8) is 0 Å². The number of carbonyl (C=O) groups excluding carboxylic acids is 1. The van der Waals surface area contributed by atoms with Crippen LogP contribution in [-0.2, 0) is 50.2 Å². The van der Waals surface area contributed by atoms with Crippen molar-refractivity contribution < 1.29 is 45.4 Å². The van der Waals surface area contributed by atoms with Gasteiger partial charge in [-0.15, -0.1) is 0 Å². The lowest BCUT2D eigenvalue weighted by Gasteiger charge is -2.34.